The van der Waals surface area contributed by atoms with Crippen molar-refractivity contribution in [3.63, 3.8) is 0 Å². The normalized spacial score (nSPS) is 15.4. The zero-order valence-electron chi connectivity index (χ0n) is 17.8. The van der Waals surface area contributed by atoms with E-state index >= 15 is 0 Å². The fraction of sp³-hybridized carbons (Fsp3) is 0.417. The molecule has 1 atom stereocenters. The molecule has 1 aliphatic heterocycles. The van der Waals surface area contributed by atoms with Gasteiger partial charge in [-0.2, -0.15) is 0 Å². The van der Waals surface area contributed by atoms with Gasteiger partial charge in [0.15, 0.2) is 11.4 Å². The second-order valence-corrected chi connectivity index (χ2v) is 7.64. The predicted molar refractivity (Wildman–Crippen MR) is 118 cm³/mol. The van der Waals surface area contributed by atoms with Gasteiger partial charge in [-0.05, 0) is 57.0 Å². The lowest BCUT2D eigenvalue weighted by molar-refractivity contribution is 0.0931. The summed E-state index contributed by atoms with van der Waals surface area (Å²) in [5.74, 6) is 0.612. The standard InChI is InChI=1S/C24H30N4O2/c1-3-19-22(28-16-10-13-21(30-4-2)23(28)26-19)24(29)25-17-20(27-14-8-9-15-27)18-11-6-5-7-12-18/h5-7,10-13,16,20H,3-4,8-9,14-15,17H2,1-2H3,(H,25,29). The van der Waals surface area contributed by atoms with E-state index in [1.807, 2.05) is 42.6 Å². The lowest BCUT2D eigenvalue weighted by Crippen LogP contribution is -2.37. The van der Waals surface area contributed by atoms with Crippen LogP contribution in [0.1, 0.15) is 54.5 Å². The molecule has 0 bridgehead atoms. The monoisotopic (exact) mass is 406 g/mol. The van der Waals surface area contributed by atoms with E-state index in [0.717, 1.165) is 18.8 Å². The first kappa shape index (κ1) is 20.4. The second kappa shape index (κ2) is 9.30. The number of fused-ring (bicyclic) bond motifs is 1. The van der Waals surface area contributed by atoms with Crippen LogP contribution in [0.25, 0.3) is 5.65 Å². The Labute approximate surface area is 177 Å². The highest BCUT2D eigenvalue weighted by molar-refractivity contribution is 5.95. The first-order valence-electron chi connectivity index (χ1n) is 10.9. The number of ether oxygens (including phenoxy) is 1. The zero-order valence-corrected chi connectivity index (χ0v) is 17.8. The van der Waals surface area contributed by atoms with E-state index in [4.69, 9.17) is 9.72 Å². The molecular weight excluding hydrogens is 376 g/mol. The SMILES string of the molecule is CCOc1cccn2c(C(=O)NCC(c3ccccc3)N3CCCC3)c(CC)nc12. The van der Waals surface area contributed by atoms with Gasteiger partial charge in [0.2, 0.25) is 0 Å². The van der Waals surface area contributed by atoms with E-state index in [-0.39, 0.29) is 11.9 Å². The lowest BCUT2D eigenvalue weighted by atomic mass is 10.1. The maximum atomic E-state index is 13.3. The van der Waals surface area contributed by atoms with Gasteiger partial charge in [0, 0.05) is 12.7 Å². The first-order chi connectivity index (χ1) is 14.7. The summed E-state index contributed by atoms with van der Waals surface area (Å²) in [4.78, 5) is 20.5. The molecule has 1 N–H and O–H groups in total. The number of hydrogen-bond donors (Lipinski definition) is 1. The summed E-state index contributed by atoms with van der Waals surface area (Å²) in [6.45, 7) is 7.25. The molecule has 30 heavy (non-hydrogen) atoms. The number of benzene rings is 1. The van der Waals surface area contributed by atoms with Crippen LogP contribution in [0.3, 0.4) is 0 Å². The van der Waals surface area contributed by atoms with Crippen LogP contribution in [0.5, 0.6) is 5.75 Å². The number of rotatable bonds is 8. The summed E-state index contributed by atoms with van der Waals surface area (Å²) >= 11 is 0. The Balaban J connectivity index is 1.60. The number of nitrogens with zero attached hydrogens (tertiary/aromatic N) is 3. The molecule has 3 heterocycles. The van der Waals surface area contributed by atoms with Gasteiger partial charge in [0.25, 0.3) is 5.91 Å². The molecule has 1 aliphatic rings. The van der Waals surface area contributed by atoms with Crippen molar-refractivity contribution >= 4 is 11.6 Å². The van der Waals surface area contributed by atoms with Crippen LogP contribution >= 0.6 is 0 Å². The number of likely N-dealkylation sites (tertiary alicyclic amines) is 1. The largest absolute Gasteiger partial charge is 0.490 e. The molecule has 4 rings (SSSR count). The van der Waals surface area contributed by atoms with Crippen LogP contribution in [0.4, 0.5) is 0 Å². The molecule has 6 heteroatoms. The van der Waals surface area contributed by atoms with Gasteiger partial charge in [-0.25, -0.2) is 4.98 Å². The summed E-state index contributed by atoms with van der Waals surface area (Å²) < 4.78 is 7.57. The van der Waals surface area contributed by atoms with Gasteiger partial charge < -0.3 is 10.1 Å². The highest BCUT2D eigenvalue weighted by atomic mass is 16.5. The molecule has 0 radical (unpaired) electrons. The van der Waals surface area contributed by atoms with Crippen molar-refractivity contribution in [2.45, 2.75) is 39.2 Å². The van der Waals surface area contributed by atoms with Crippen molar-refractivity contribution in [2.24, 2.45) is 0 Å². The van der Waals surface area contributed by atoms with E-state index in [0.29, 0.717) is 36.7 Å². The Morgan fingerprint density at radius 3 is 2.60 bits per heavy atom. The summed E-state index contributed by atoms with van der Waals surface area (Å²) in [5, 5.41) is 3.20. The predicted octanol–water partition coefficient (Wildman–Crippen LogP) is 3.86. The molecule has 0 aliphatic carbocycles. The van der Waals surface area contributed by atoms with Crippen LogP contribution in [0, 0.1) is 0 Å². The van der Waals surface area contributed by atoms with E-state index in [1.54, 1.807) is 0 Å². The molecular formula is C24H30N4O2. The van der Waals surface area contributed by atoms with Crippen molar-refractivity contribution in [3.05, 3.63) is 65.6 Å². The molecule has 6 nitrogen and oxygen atoms in total. The number of carbonyl (C=O) groups is 1. The Hall–Kier alpha value is -2.86. The highest BCUT2D eigenvalue weighted by Gasteiger charge is 2.26. The maximum Gasteiger partial charge on any atom is 0.270 e. The molecule has 2 aromatic heterocycles. The third-order valence-corrected chi connectivity index (χ3v) is 5.76. The number of hydrogen-bond acceptors (Lipinski definition) is 4. The zero-order chi connectivity index (χ0) is 20.9. The summed E-state index contributed by atoms with van der Waals surface area (Å²) in [6, 6.07) is 14.4. The average Bonchev–Trinajstić information content (AvgIpc) is 3.43. The Morgan fingerprint density at radius 2 is 1.90 bits per heavy atom. The molecule has 158 valence electrons. The summed E-state index contributed by atoms with van der Waals surface area (Å²) in [5.41, 5.74) is 3.33. The number of aromatic nitrogens is 2. The Kier molecular flexibility index (Phi) is 6.33. The van der Waals surface area contributed by atoms with Crippen molar-refractivity contribution < 1.29 is 9.53 Å². The van der Waals surface area contributed by atoms with Gasteiger partial charge in [-0.3, -0.25) is 14.1 Å². The minimum absolute atomic E-state index is 0.0897. The maximum absolute atomic E-state index is 13.3. The molecule has 1 aromatic carbocycles. The number of imidazole rings is 1. The molecule has 1 fully saturated rings. The number of carbonyl (C=O) groups excluding carboxylic acids is 1. The van der Waals surface area contributed by atoms with Crippen LogP contribution in [-0.4, -0.2) is 46.4 Å². The molecule has 0 saturated carbocycles. The topological polar surface area (TPSA) is 58.9 Å². The third-order valence-electron chi connectivity index (χ3n) is 5.76. The van der Waals surface area contributed by atoms with Gasteiger partial charge in [0.05, 0.1) is 18.3 Å². The van der Waals surface area contributed by atoms with E-state index in [9.17, 15) is 4.79 Å². The van der Waals surface area contributed by atoms with Gasteiger partial charge in [0.1, 0.15) is 5.69 Å². The number of nitrogens with one attached hydrogen (secondary N) is 1. The number of amides is 1. The third kappa shape index (κ3) is 4.05. The second-order valence-electron chi connectivity index (χ2n) is 7.64. The van der Waals surface area contributed by atoms with Crippen molar-refractivity contribution in [1.82, 2.24) is 19.6 Å². The van der Waals surface area contributed by atoms with Crippen LogP contribution < -0.4 is 10.1 Å². The molecule has 1 saturated heterocycles. The Bertz CT molecular complexity index is 993. The quantitative estimate of drug-likeness (QED) is 0.617. The van der Waals surface area contributed by atoms with Gasteiger partial charge in [-0.15, -0.1) is 0 Å². The minimum Gasteiger partial charge on any atom is -0.490 e. The fourth-order valence-electron chi connectivity index (χ4n) is 4.30. The van der Waals surface area contributed by atoms with E-state index in [2.05, 4.69) is 34.5 Å². The average molecular weight is 407 g/mol. The number of pyridine rings is 1. The minimum atomic E-state index is -0.0897. The van der Waals surface area contributed by atoms with Gasteiger partial charge >= 0.3 is 0 Å². The number of aryl methyl sites for hydroxylation is 1. The van der Waals surface area contributed by atoms with Crippen LogP contribution in [0.15, 0.2) is 48.7 Å². The van der Waals surface area contributed by atoms with Crippen LogP contribution in [0.2, 0.25) is 0 Å². The van der Waals surface area contributed by atoms with Crippen molar-refractivity contribution in [1.29, 1.82) is 0 Å². The van der Waals surface area contributed by atoms with E-state index < -0.39 is 0 Å². The first-order valence-corrected chi connectivity index (χ1v) is 10.9. The highest BCUT2D eigenvalue weighted by Crippen LogP contribution is 2.26. The molecule has 3 aromatic rings. The summed E-state index contributed by atoms with van der Waals surface area (Å²) in [7, 11) is 0. The smallest absolute Gasteiger partial charge is 0.270 e. The molecule has 1 unspecified atom stereocenters. The van der Waals surface area contributed by atoms with Crippen molar-refractivity contribution in [3.8, 4) is 5.75 Å². The van der Waals surface area contributed by atoms with Crippen molar-refractivity contribution in [2.75, 3.05) is 26.2 Å². The molecule has 1 amide bonds. The molecule has 0 spiro atoms. The van der Waals surface area contributed by atoms with E-state index in [1.165, 1.54) is 18.4 Å². The summed E-state index contributed by atoms with van der Waals surface area (Å²) in [6.07, 6.45) is 4.99. The fourth-order valence-corrected chi connectivity index (χ4v) is 4.30. The lowest BCUT2D eigenvalue weighted by Gasteiger charge is -2.28. The Morgan fingerprint density at radius 1 is 1.13 bits per heavy atom. The van der Waals surface area contributed by atoms with Gasteiger partial charge in [-0.1, -0.05) is 37.3 Å². The van der Waals surface area contributed by atoms with Crippen LogP contribution in [-0.2, 0) is 6.42 Å².